The standard InChI is InChI=1S/C18H14F2N2OS/c19-11-5-3-6-12(20)16(11)18(23)22-10-4-8-14(22)17-21-13-7-1-2-9-15(13)24-17/h1-3,5-7,9,14H,4,8,10H2. The van der Waals surface area contributed by atoms with E-state index < -0.39 is 23.1 Å². The van der Waals surface area contributed by atoms with Crippen molar-refractivity contribution in [3.05, 3.63) is 64.7 Å². The second-order valence-electron chi connectivity index (χ2n) is 5.77. The molecular weight excluding hydrogens is 330 g/mol. The molecule has 3 nitrogen and oxygen atoms in total. The van der Waals surface area contributed by atoms with Crippen molar-refractivity contribution in [2.24, 2.45) is 0 Å². The number of amides is 1. The van der Waals surface area contributed by atoms with Gasteiger partial charge in [-0.3, -0.25) is 4.79 Å². The van der Waals surface area contributed by atoms with Crippen LogP contribution in [-0.2, 0) is 0 Å². The van der Waals surface area contributed by atoms with E-state index in [0.29, 0.717) is 6.54 Å². The van der Waals surface area contributed by atoms with Crippen LogP contribution < -0.4 is 0 Å². The Labute approximate surface area is 141 Å². The minimum Gasteiger partial charge on any atom is -0.329 e. The van der Waals surface area contributed by atoms with Crippen molar-refractivity contribution in [2.45, 2.75) is 18.9 Å². The molecule has 1 atom stereocenters. The number of carbonyl (C=O) groups is 1. The lowest BCUT2D eigenvalue weighted by Crippen LogP contribution is -2.31. The van der Waals surface area contributed by atoms with E-state index in [2.05, 4.69) is 4.98 Å². The third-order valence-electron chi connectivity index (χ3n) is 4.29. The van der Waals surface area contributed by atoms with Gasteiger partial charge in [-0.2, -0.15) is 0 Å². The first kappa shape index (κ1) is 15.2. The van der Waals surface area contributed by atoms with Gasteiger partial charge in [0.2, 0.25) is 0 Å². The summed E-state index contributed by atoms with van der Waals surface area (Å²) >= 11 is 1.53. The van der Waals surface area contributed by atoms with Crippen molar-refractivity contribution in [3.63, 3.8) is 0 Å². The number of hydrogen-bond acceptors (Lipinski definition) is 3. The summed E-state index contributed by atoms with van der Waals surface area (Å²) in [6.45, 7) is 0.479. The average Bonchev–Trinajstić information content (AvgIpc) is 3.20. The fourth-order valence-electron chi connectivity index (χ4n) is 3.14. The predicted molar refractivity (Wildman–Crippen MR) is 89.0 cm³/mol. The Hall–Kier alpha value is -2.34. The van der Waals surface area contributed by atoms with Crippen LogP contribution >= 0.6 is 11.3 Å². The highest BCUT2D eigenvalue weighted by Crippen LogP contribution is 2.37. The summed E-state index contributed by atoms with van der Waals surface area (Å²) < 4.78 is 28.9. The molecule has 1 fully saturated rings. The van der Waals surface area contributed by atoms with Gasteiger partial charge in [0.25, 0.3) is 5.91 Å². The smallest absolute Gasteiger partial charge is 0.260 e. The summed E-state index contributed by atoms with van der Waals surface area (Å²) in [6.07, 6.45) is 1.55. The molecular formula is C18H14F2N2OS. The monoisotopic (exact) mass is 344 g/mol. The van der Waals surface area contributed by atoms with Crippen LogP contribution in [0, 0.1) is 11.6 Å². The molecule has 1 aliphatic heterocycles. The summed E-state index contributed by atoms with van der Waals surface area (Å²) in [5.74, 6) is -2.25. The molecule has 0 saturated carbocycles. The minimum atomic E-state index is -0.824. The molecule has 0 N–H and O–H groups in total. The maximum Gasteiger partial charge on any atom is 0.260 e. The molecule has 4 rings (SSSR count). The van der Waals surface area contributed by atoms with E-state index in [1.807, 2.05) is 24.3 Å². The summed E-state index contributed by atoms with van der Waals surface area (Å²) in [6, 6.07) is 11.0. The van der Waals surface area contributed by atoms with Gasteiger partial charge in [-0.05, 0) is 37.1 Å². The molecule has 3 aromatic rings. The van der Waals surface area contributed by atoms with Crippen LogP contribution in [0.4, 0.5) is 8.78 Å². The van der Waals surface area contributed by atoms with Gasteiger partial charge in [0.15, 0.2) is 0 Å². The van der Waals surface area contributed by atoms with Crippen LogP contribution in [0.3, 0.4) is 0 Å². The van der Waals surface area contributed by atoms with Crippen molar-refractivity contribution in [1.82, 2.24) is 9.88 Å². The van der Waals surface area contributed by atoms with Crippen LogP contribution in [0.1, 0.15) is 34.2 Å². The molecule has 6 heteroatoms. The normalized spacial score (nSPS) is 17.6. The van der Waals surface area contributed by atoms with Crippen molar-refractivity contribution < 1.29 is 13.6 Å². The fraction of sp³-hybridized carbons (Fsp3) is 0.222. The summed E-state index contributed by atoms with van der Waals surface area (Å²) in [5, 5.41) is 0.818. The van der Waals surface area contributed by atoms with Crippen LogP contribution in [0.2, 0.25) is 0 Å². The van der Waals surface area contributed by atoms with E-state index >= 15 is 0 Å². The molecule has 0 bridgehead atoms. The molecule has 0 radical (unpaired) electrons. The van der Waals surface area contributed by atoms with E-state index in [9.17, 15) is 13.6 Å². The first-order chi connectivity index (χ1) is 11.6. The number of nitrogens with zero attached hydrogens (tertiary/aromatic N) is 2. The molecule has 2 aromatic carbocycles. The van der Waals surface area contributed by atoms with E-state index in [0.717, 1.165) is 40.2 Å². The van der Waals surface area contributed by atoms with Crippen LogP contribution in [0.25, 0.3) is 10.2 Å². The van der Waals surface area contributed by atoms with Crippen LogP contribution in [-0.4, -0.2) is 22.3 Å². The van der Waals surface area contributed by atoms with Gasteiger partial charge in [-0.1, -0.05) is 18.2 Å². The van der Waals surface area contributed by atoms with Gasteiger partial charge >= 0.3 is 0 Å². The Bertz CT molecular complexity index is 871. The number of thiazole rings is 1. The Morgan fingerprint density at radius 2 is 1.88 bits per heavy atom. The van der Waals surface area contributed by atoms with Crippen molar-refractivity contribution in [3.8, 4) is 0 Å². The quantitative estimate of drug-likeness (QED) is 0.683. The van der Waals surface area contributed by atoms with Gasteiger partial charge in [0, 0.05) is 6.54 Å². The molecule has 0 aliphatic carbocycles. The Morgan fingerprint density at radius 3 is 2.62 bits per heavy atom. The number of likely N-dealkylation sites (tertiary alicyclic amines) is 1. The number of hydrogen-bond donors (Lipinski definition) is 0. The van der Waals surface area contributed by atoms with Crippen molar-refractivity contribution in [1.29, 1.82) is 0 Å². The topological polar surface area (TPSA) is 33.2 Å². The van der Waals surface area contributed by atoms with E-state index in [-0.39, 0.29) is 6.04 Å². The first-order valence-electron chi connectivity index (χ1n) is 7.75. The first-order valence-corrected chi connectivity index (χ1v) is 8.57. The molecule has 1 amide bonds. The maximum atomic E-state index is 14.0. The Morgan fingerprint density at radius 1 is 1.12 bits per heavy atom. The van der Waals surface area contributed by atoms with E-state index in [1.54, 1.807) is 4.90 Å². The molecule has 0 spiro atoms. The lowest BCUT2D eigenvalue weighted by molar-refractivity contribution is 0.0725. The third-order valence-corrected chi connectivity index (χ3v) is 5.42. The average molecular weight is 344 g/mol. The number of carbonyl (C=O) groups excluding carboxylic acids is 1. The molecule has 24 heavy (non-hydrogen) atoms. The highest BCUT2D eigenvalue weighted by atomic mass is 32.1. The number of para-hydroxylation sites is 1. The van der Waals surface area contributed by atoms with Crippen LogP contribution in [0.15, 0.2) is 42.5 Å². The number of benzene rings is 2. The SMILES string of the molecule is O=C(c1c(F)cccc1F)N1CCCC1c1nc2ccccc2s1. The lowest BCUT2D eigenvalue weighted by Gasteiger charge is -2.23. The van der Waals surface area contributed by atoms with Gasteiger partial charge < -0.3 is 4.90 Å². The summed E-state index contributed by atoms with van der Waals surface area (Å²) in [7, 11) is 0. The molecule has 1 unspecified atom stereocenters. The van der Waals surface area contributed by atoms with Crippen LogP contribution in [0.5, 0.6) is 0 Å². The Kier molecular flexibility index (Phi) is 3.76. The number of rotatable bonds is 2. The second-order valence-corrected chi connectivity index (χ2v) is 6.84. The zero-order chi connectivity index (χ0) is 16.7. The summed E-state index contributed by atoms with van der Waals surface area (Å²) in [4.78, 5) is 18.9. The van der Waals surface area contributed by atoms with Gasteiger partial charge in [0.1, 0.15) is 22.2 Å². The predicted octanol–water partition coefficient (Wildman–Crippen LogP) is 4.55. The molecule has 1 aliphatic rings. The zero-order valence-electron chi connectivity index (χ0n) is 12.7. The van der Waals surface area contributed by atoms with Gasteiger partial charge in [-0.15, -0.1) is 11.3 Å². The maximum absolute atomic E-state index is 14.0. The summed E-state index contributed by atoms with van der Waals surface area (Å²) in [5.41, 5.74) is 0.402. The van der Waals surface area contributed by atoms with E-state index in [4.69, 9.17) is 0 Å². The highest BCUT2D eigenvalue weighted by molar-refractivity contribution is 7.18. The number of fused-ring (bicyclic) bond motifs is 1. The van der Waals surface area contributed by atoms with Gasteiger partial charge in [-0.25, -0.2) is 13.8 Å². The van der Waals surface area contributed by atoms with E-state index in [1.165, 1.54) is 17.4 Å². The Balaban J connectivity index is 1.71. The number of aromatic nitrogens is 1. The molecule has 2 heterocycles. The molecule has 122 valence electrons. The zero-order valence-corrected chi connectivity index (χ0v) is 13.5. The van der Waals surface area contributed by atoms with Crippen molar-refractivity contribution >= 4 is 27.5 Å². The number of halogens is 2. The second kappa shape index (κ2) is 5.94. The minimum absolute atomic E-state index is 0.228. The molecule has 1 aromatic heterocycles. The van der Waals surface area contributed by atoms with Crippen molar-refractivity contribution in [2.75, 3.05) is 6.54 Å². The third kappa shape index (κ3) is 2.47. The lowest BCUT2D eigenvalue weighted by atomic mass is 10.1. The molecule has 1 saturated heterocycles. The van der Waals surface area contributed by atoms with Gasteiger partial charge in [0.05, 0.1) is 16.3 Å². The fourth-order valence-corrected chi connectivity index (χ4v) is 4.26. The highest BCUT2D eigenvalue weighted by Gasteiger charge is 2.34. The largest absolute Gasteiger partial charge is 0.329 e.